The van der Waals surface area contributed by atoms with E-state index in [9.17, 15) is 9.59 Å². The van der Waals surface area contributed by atoms with Crippen LogP contribution in [0.4, 0.5) is 5.82 Å². The van der Waals surface area contributed by atoms with Crippen molar-refractivity contribution >= 4 is 17.6 Å². The largest absolute Gasteiger partial charge is 0.338 e. The summed E-state index contributed by atoms with van der Waals surface area (Å²) in [5.41, 5.74) is 0.493. The molecule has 3 rings (SSSR count). The molecule has 1 N–H and O–H groups in total. The van der Waals surface area contributed by atoms with Gasteiger partial charge in [-0.25, -0.2) is 4.63 Å². The van der Waals surface area contributed by atoms with Crippen molar-refractivity contribution in [3.8, 4) is 0 Å². The SMILES string of the molecule is Cc1nonc1NC(=O)[C@@]1(C)CCCN(C(=O)c2ccccc2)C1. The van der Waals surface area contributed by atoms with Gasteiger partial charge in [-0.3, -0.25) is 9.59 Å². The molecule has 2 aromatic rings. The fourth-order valence-electron chi connectivity index (χ4n) is 2.96. The fourth-order valence-corrected chi connectivity index (χ4v) is 2.96. The van der Waals surface area contributed by atoms with E-state index in [1.165, 1.54) is 0 Å². The first kappa shape index (κ1) is 16.2. The van der Waals surface area contributed by atoms with Crippen LogP contribution in [0.2, 0.25) is 0 Å². The summed E-state index contributed by atoms with van der Waals surface area (Å²) >= 11 is 0. The van der Waals surface area contributed by atoms with Gasteiger partial charge < -0.3 is 10.2 Å². The van der Waals surface area contributed by atoms with Crippen LogP contribution in [0.25, 0.3) is 0 Å². The molecule has 1 aliphatic heterocycles. The van der Waals surface area contributed by atoms with Gasteiger partial charge in [-0.05, 0) is 44.0 Å². The molecule has 1 fully saturated rings. The van der Waals surface area contributed by atoms with Gasteiger partial charge in [0.05, 0.1) is 5.41 Å². The molecule has 7 nitrogen and oxygen atoms in total. The lowest BCUT2D eigenvalue weighted by molar-refractivity contribution is -0.127. The van der Waals surface area contributed by atoms with Crippen LogP contribution in [0.3, 0.4) is 0 Å². The molecular formula is C17H20N4O3. The lowest BCUT2D eigenvalue weighted by atomic mass is 9.80. The van der Waals surface area contributed by atoms with Crippen LogP contribution in [0.15, 0.2) is 35.0 Å². The van der Waals surface area contributed by atoms with Gasteiger partial charge >= 0.3 is 0 Å². The summed E-state index contributed by atoms with van der Waals surface area (Å²) in [5, 5.41) is 10.1. The van der Waals surface area contributed by atoms with Gasteiger partial charge in [0.25, 0.3) is 5.91 Å². The molecule has 0 aliphatic carbocycles. The van der Waals surface area contributed by atoms with E-state index >= 15 is 0 Å². The summed E-state index contributed by atoms with van der Waals surface area (Å²) < 4.78 is 4.60. The first-order chi connectivity index (χ1) is 11.5. The van der Waals surface area contributed by atoms with Gasteiger partial charge in [0.2, 0.25) is 5.91 Å². The van der Waals surface area contributed by atoms with Crippen LogP contribution in [0, 0.1) is 12.3 Å². The Morgan fingerprint density at radius 1 is 1.25 bits per heavy atom. The molecule has 1 saturated heterocycles. The van der Waals surface area contributed by atoms with Crippen molar-refractivity contribution in [3.05, 3.63) is 41.6 Å². The Bertz CT molecular complexity index is 743. The average Bonchev–Trinajstić information content (AvgIpc) is 3.00. The number of rotatable bonds is 3. The number of carbonyl (C=O) groups excluding carboxylic acids is 2. The van der Waals surface area contributed by atoms with Gasteiger partial charge in [0, 0.05) is 18.7 Å². The van der Waals surface area contributed by atoms with E-state index in [2.05, 4.69) is 20.3 Å². The number of nitrogens with one attached hydrogen (secondary N) is 1. The summed E-state index contributed by atoms with van der Waals surface area (Å²) in [4.78, 5) is 27.1. The zero-order valence-corrected chi connectivity index (χ0v) is 13.8. The average molecular weight is 328 g/mol. The molecule has 0 radical (unpaired) electrons. The number of nitrogens with zero attached hydrogens (tertiary/aromatic N) is 3. The van der Waals surface area contributed by atoms with Crippen molar-refractivity contribution in [1.82, 2.24) is 15.2 Å². The molecule has 2 amide bonds. The first-order valence-electron chi connectivity index (χ1n) is 7.94. The molecule has 0 unspecified atom stereocenters. The Kier molecular flexibility index (Phi) is 4.33. The molecule has 1 aliphatic rings. The highest BCUT2D eigenvalue weighted by atomic mass is 16.6. The Morgan fingerprint density at radius 2 is 2.00 bits per heavy atom. The third kappa shape index (κ3) is 3.15. The third-order valence-corrected chi connectivity index (χ3v) is 4.44. The van der Waals surface area contributed by atoms with Crippen LogP contribution in [0.5, 0.6) is 0 Å². The van der Waals surface area contributed by atoms with Gasteiger partial charge in [-0.1, -0.05) is 23.4 Å². The molecule has 2 heterocycles. The van der Waals surface area contributed by atoms with Crippen LogP contribution in [-0.4, -0.2) is 40.1 Å². The van der Waals surface area contributed by atoms with Gasteiger partial charge in [-0.2, -0.15) is 0 Å². The maximum absolute atomic E-state index is 12.7. The number of amides is 2. The second kappa shape index (κ2) is 6.43. The number of hydrogen-bond acceptors (Lipinski definition) is 5. The van der Waals surface area contributed by atoms with Crippen molar-refractivity contribution in [3.63, 3.8) is 0 Å². The summed E-state index contributed by atoms with van der Waals surface area (Å²) in [7, 11) is 0. The summed E-state index contributed by atoms with van der Waals surface area (Å²) in [6.45, 7) is 4.61. The van der Waals surface area contributed by atoms with Crippen LogP contribution >= 0.6 is 0 Å². The summed E-state index contributed by atoms with van der Waals surface area (Å²) in [6, 6.07) is 9.13. The Labute approximate surface area is 140 Å². The Morgan fingerprint density at radius 3 is 2.67 bits per heavy atom. The molecule has 126 valence electrons. The Balaban J connectivity index is 1.73. The zero-order chi connectivity index (χ0) is 17.2. The Hall–Kier alpha value is -2.70. The van der Waals surface area contributed by atoms with Gasteiger partial charge in [0.1, 0.15) is 5.69 Å². The number of anilines is 1. The number of benzene rings is 1. The van der Waals surface area contributed by atoms with Crippen molar-refractivity contribution in [2.45, 2.75) is 26.7 Å². The number of likely N-dealkylation sites (tertiary alicyclic amines) is 1. The quantitative estimate of drug-likeness (QED) is 0.933. The highest BCUT2D eigenvalue weighted by Crippen LogP contribution is 2.31. The van der Waals surface area contributed by atoms with Gasteiger partial charge in [0.15, 0.2) is 5.82 Å². The van der Waals surface area contributed by atoms with Crippen molar-refractivity contribution in [2.75, 3.05) is 18.4 Å². The second-order valence-corrected chi connectivity index (χ2v) is 6.41. The van der Waals surface area contributed by atoms with E-state index in [0.717, 1.165) is 6.42 Å². The highest BCUT2D eigenvalue weighted by molar-refractivity contribution is 5.97. The summed E-state index contributed by atoms with van der Waals surface area (Å²) in [6.07, 6.45) is 1.49. The third-order valence-electron chi connectivity index (χ3n) is 4.44. The number of piperidine rings is 1. The topological polar surface area (TPSA) is 88.3 Å². The number of aryl methyl sites for hydroxylation is 1. The number of carbonyl (C=O) groups is 2. The minimum atomic E-state index is -0.673. The predicted octanol–water partition coefficient (Wildman–Crippen LogP) is 2.26. The summed E-state index contributed by atoms with van der Waals surface area (Å²) in [5.74, 6) is 0.105. The molecule has 1 aromatic carbocycles. The second-order valence-electron chi connectivity index (χ2n) is 6.41. The minimum Gasteiger partial charge on any atom is -0.338 e. The van der Waals surface area contributed by atoms with Gasteiger partial charge in [-0.15, -0.1) is 0 Å². The number of aromatic nitrogens is 2. The number of hydrogen-bond donors (Lipinski definition) is 1. The van der Waals surface area contributed by atoms with Crippen molar-refractivity contribution in [1.29, 1.82) is 0 Å². The fraction of sp³-hybridized carbons (Fsp3) is 0.412. The van der Waals surface area contributed by atoms with E-state index in [1.807, 2.05) is 25.1 Å². The van der Waals surface area contributed by atoms with Crippen molar-refractivity contribution in [2.24, 2.45) is 5.41 Å². The van der Waals surface area contributed by atoms with Crippen LogP contribution < -0.4 is 5.32 Å². The molecule has 24 heavy (non-hydrogen) atoms. The molecule has 1 aromatic heterocycles. The van der Waals surface area contributed by atoms with E-state index in [-0.39, 0.29) is 11.8 Å². The molecule has 7 heteroatoms. The maximum atomic E-state index is 12.7. The zero-order valence-electron chi connectivity index (χ0n) is 13.8. The van der Waals surface area contributed by atoms with Crippen LogP contribution in [0.1, 0.15) is 35.8 Å². The lowest BCUT2D eigenvalue weighted by Gasteiger charge is -2.39. The monoisotopic (exact) mass is 328 g/mol. The minimum absolute atomic E-state index is 0.0476. The lowest BCUT2D eigenvalue weighted by Crippen LogP contribution is -2.50. The van der Waals surface area contributed by atoms with E-state index in [4.69, 9.17) is 0 Å². The van der Waals surface area contributed by atoms with E-state index < -0.39 is 5.41 Å². The van der Waals surface area contributed by atoms with Crippen molar-refractivity contribution < 1.29 is 14.2 Å². The molecule has 1 atom stereocenters. The first-order valence-corrected chi connectivity index (χ1v) is 7.94. The molecule has 0 spiro atoms. The van der Waals surface area contributed by atoms with E-state index in [1.54, 1.807) is 24.0 Å². The maximum Gasteiger partial charge on any atom is 0.253 e. The normalized spacial score (nSPS) is 20.7. The highest BCUT2D eigenvalue weighted by Gasteiger charge is 2.40. The molecule has 0 saturated carbocycles. The smallest absolute Gasteiger partial charge is 0.253 e. The molecule has 0 bridgehead atoms. The van der Waals surface area contributed by atoms with Crippen LogP contribution in [-0.2, 0) is 4.79 Å². The van der Waals surface area contributed by atoms with E-state index in [0.29, 0.717) is 36.6 Å². The molecular weight excluding hydrogens is 308 g/mol. The predicted molar refractivity (Wildman–Crippen MR) is 87.4 cm³/mol. The standard InChI is InChI=1S/C17H20N4O3/c1-12-14(20-24-19-12)18-16(23)17(2)9-6-10-21(11-17)15(22)13-7-4-3-5-8-13/h3-5,7-8H,6,9-11H2,1-2H3,(H,18,20,23)/t17-/m0/s1.